The largest absolute Gasteiger partial charge is 0.308 e. The number of carbonyl (C=O) groups excluding carboxylic acids is 1. The number of rotatable bonds is 5. The maximum Gasteiger partial charge on any atom is 0.263 e. The molecule has 0 spiro atoms. The summed E-state index contributed by atoms with van der Waals surface area (Å²) in [5, 5.41) is 1.05. The third kappa shape index (κ3) is 3.81. The van der Waals surface area contributed by atoms with Crippen molar-refractivity contribution in [2.24, 2.45) is 0 Å². The van der Waals surface area contributed by atoms with Crippen molar-refractivity contribution in [3.8, 4) is 0 Å². The van der Waals surface area contributed by atoms with Crippen molar-refractivity contribution in [2.75, 3.05) is 32.1 Å². The highest BCUT2D eigenvalue weighted by Gasteiger charge is 2.24. The first-order valence-electron chi connectivity index (χ1n) is 7.73. The van der Waals surface area contributed by atoms with Gasteiger partial charge in [-0.05, 0) is 38.4 Å². The van der Waals surface area contributed by atoms with Gasteiger partial charge in [0.2, 0.25) is 0 Å². The summed E-state index contributed by atoms with van der Waals surface area (Å²) >= 11 is 7.57. The minimum atomic E-state index is -0.540. The van der Waals surface area contributed by atoms with Crippen LogP contribution in [-0.2, 0) is 0 Å². The molecule has 0 unspecified atom stereocenters. The maximum absolute atomic E-state index is 14.1. The SMILES string of the molecule is CN(C)CCN(C(=O)c1ccccc1F)c1nc2c(Cl)cccc2s1. The average Bonchev–Trinajstić information content (AvgIpc) is 3.00. The van der Waals surface area contributed by atoms with E-state index in [2.05, 4.69) is 4.98 Å². The second kappa shape index (κ2) is 7.47. The van der Waals surface area contributed by atoms with Crippen LogP contribution in [0.25, 0.3) is 10.2 Å². The molecule has 4 nitrogen and oxygen atoms in total. The van der Waals surface area contributed by atoms with Crippen LogP contribution >= 0.6 is 22.9 Å². The van der Waals surface area contributed by atoms with Crippen molar-refractivity contribution in [3.05, 3.63) is 58.9 Å². The fraction of sp³-hybridized carbons (Fsp3) is 0.222. The van der Waals surface area contributed by atoms with E-state index < -0.39 is 11.7 Å². The van der Waals surface area contributed by atoms with Crippen molar-refractivity contribution < 1.29 is 9.18 Å². The summed E-state index contributed by atoms with van der Waals surface area (Å²) in [5.41, 5.74) is 0.687. The Labute approximate surface area is 154 Å². The van der Waals surface area contributed by atoms with E-state index in [4.69, 9.17) is 11.6 Å². The Morgan fingerprint density at radius 1 is 1.16 bits per heavy atom. The molecule has 1 heterocycles. The van der Waals surface area contributed by atoms with Crippen LogP contribution in [0.2, 0.25) is 5.02 Å². The molecule has 0 atom stereocenters. The lowest BCUT2D eigenvalue weighted by Crippen LogP contribution is -2.37. The number of benzene rings is 2. The van der Waals surface area contributed by atoms with E-state index in [1.807, 2.05) is 31.1 Å². The summed E-state index contributed by atoms with van der Waals surface area (Å²) in [6.45, 7) is 1.03. The van der Waals surface area contributed by atoms with E-state index in [0.717, 1.165) is 4.70 Å². The second-order valence-corrected chi connectivity index (χ2v) is 7.24. The fourth-order valence-corrected chi connectivity index (χ4v) is 3.67. The third-order valence-electron chi connectivity index (χ3n) is 3.71. The zero-order chi connectivity index (χ0) is 18.0. The smallest absolute Gasteiger partial charge is 0.263 e. The lowest BCUT2D eigenvalue weighted by molar-refractivity contribution is 0.0981. The van der Waals surface area contributed by atoms with Crippen molar-refractivity contribution in [1.82, 2.24) is 9.88 Å². The first kappa shape index (κ1) is 17.8. The quantitative estimate of drug-likeness (QED) is 0.665. The molecule has 0 N–H and O–H groups in total. The van der Waals surface area contributed by atoms with Gasteiger partial charge in [-0.15, -0.1) is 0 Å². The zero-order valence-electron chi connectivity index (χ0n) is 13.9. The minimum absolute atomic E-state index is 0.0339. The van der Waals surface area contributed by atoms with Gasteiger partial charge in [-0.2, -0.15) is 0 Å². The Bertz CT molecular complexity index is 912. The molecule has 0 aliphatic heterocycles. The van der Waals surface area contributed by atoms with Crippen LogP contribution in [0.4, 0.5) is 9.52 Å². The molecule has 7 heteroatoms. The molecule has 3 aromatic rings. The molecule has 1 aromatic heterocycles. The van der Waals surface area contributed by atoms with E-state index in [1.54, 1.807) is 18.2 Å². The summed E-state index contributed by atoms with van der Waals surface area (Å²) in [6, 6.07) is 11.5. The Morgan fingerprint density at radius 3 is 2.60 bits per heavy atom. The maximum atomic E-state index is 14.1. The lowest BCUT2D eigenvalue weighted by Gasteiger charge is -2.22. The molecular formula is C18H17ClFN3OS. The van der Waals surface area contributed by atoms with E-state index in [0.29, 0.717) is 28.8 Å². The topological polar surface area (TPSA) is 36.4 Å². The molecule has 0 bridgehead atoms. The first-order chi connectivity index (χ1) is 12.0. The molecule has 3 rings (SSSR count). The molecule has 130 valence electrons. The van der Waals surface area contributed by atoms with E-state index >= 15 is 0 Å². The first-order valence-corrected chi connectivity index (χ1v) is 8.93. The number of para-hydroxylation sites is 1. The number of likely N-dealkylation sites (N-methyl/N-ethyl adjacent to an activating group) is 1. The van der Waals surface area contributed by atoms with Gasteiger partial charge in [-0.3, -0.25) is 9.69 Å². The Balaban J connectivity index is 2.03. The minimum Gasteiger partial charge on any atom is -0.308 e. The summed E-state index contributed by atoms with van der Waals surface area (Å²) < 4.78 is 15.0. The van der Waals surface area contributed by atoms with Gasteiger partial charge in [-0.25, -0.2) is 9.37 Å². The van der Waals surface area contributed by atoms with Gasteiger partial charge in [0.05, 0.1) is 15.3 Å². The molecule has 25 heavy (non-hydrogen) atoms. The molecule has 0 aliphatic carbocycles. The van der Waals surface area contributed by atoms with Crippen LogP contribution in [0.5, 0.6) is 0 Å². The Hall–Kier alpha value is -2.02. The number of hydrogen-bond acceptors (Lipinski definition) is 4. The van der Waals surface area contributed by atoms with Crippen molar-refractivity contribution in [3.63, 3.8) is 0 Å². The number of fused-ring (bicyclic) bond motifs is 1. The van der Waals surface area contributed by atoms with E-state index in [1.165, 1.54) is 28.4 Å². The van der Waals surface area contributed by atoms with Crippen LogP contribution in [-0.4, -0.2) is 43.0 Å². The number of aromatic nitrogens is 1. The number of hydrogen-bond donors (Lipinski definition) is 0. The molecule has 0 aliphatic rings. The summed E-state index contributed by atoms with van der Waals surface area (Å²) in [7, 11) is 3.84. The van der Waals surface area contributed by atoms with E-state index in [-0.39, 0.29) is 5.56 Å². The fourth-order valence-electron chi connectivity index (χ4n) is 2.38. The summed E-state index contributed by atoms with van der Waals surface area (Å²) in [6.07, 6.45) is 0. The Kier molecular flexibility index (Phi) is 5.32. The molecule has 1 amide bonds. The second-order valence-electron chi connectivity index (χ2n) is 5.82. The summed E-state index contributed by atoms with van der Waals surface area (Å²) in [5.74, 6) is -0.948. The molecule has 0 radical (unpaired) electrons. The van der Waals surface area contributed by atoms with Crippen molar-refractivity contribution in [2.45, 2.75) is 0 Å². The van der Waals surface area contributed by atoms with Gasteiger partial charge >= 0.3 is 0 Å². The molecule has 0 saturated carbocycles. The molecule has 0 fully saturated rings. The standard InChI is InChI=1S/C18H17ClFN3OS/c1-22(2)10-11-23(17(24)12-6-3-4-8-14(12)20)18-21-16-13(19)7-5-9-15(16)25-18/h3-9H,10-11H2,1-2H3. The van der Waals surface area contributed by atoms with Crippen LogP contribution < -0.4 is 4.90 Å². The highest BCUT2D eigenvalue weighted by Crippen LogP contribution is 2.33. The normalized spacial score (nSPS) is 11.2. The van der Waals surface area contributed by atoms with Crippen molar-refractivity contribution >= 4 is 44.2 Å². The average molecular weight is 378 g/mol. The summed E-state index contributed by atoms with van der Waals surface area (Å²) in [4.78, 5) is 20.9. The van der Waals surface area contributed by atoms with Crippen LogP contribution in [0.3, 0.4) is 0 Å². The zero-order valence-corrected chi connectivity index (χ0v) is 15.4. The monoisotopic (exact) mass is 377 g/mol. The van der Waals surface area contributed by atoms with E-state index in [9.17, 15) is 9.18 Å². The number of halogens is 2. The van der Waals surface area contributed by atoms with Gasteiger partial charge in [0.15, 0.2) is 5.13 Å². The van der Waals surface area contributed by atoms with Gasteiger partial charge in [0, 0.05) is 13.1 Å². The van der Waals surface area contributed by atoms with Gasteiger partial charge in [0.25, 0.3) is 5.91 Å². The van der Waals surface area contributed by atoms with Gasteiger partial charge < -0.3 is 4.90 Å². The third-order valence-corrected chi connectivity index (χ3v) is 5.06. The number of carbonyl (C=O) groups is 1. The van der Waals surface area contributed by atoms with Gasteiger partial charge in [-0.1, -0.05) is 41.1 Å². The lowest BCUT2D eigenvalue weighted by atomic mass is 10.2. The number of amides is 1. The molecule has 2 aromatic carbocycles. The predicted molar refractivity (Wildman–Crippen MR) is 101 cm³/mol. The van der Waals surface area contributed by atoms with Gasteiger partial charge in [0.1, 0.15) is 11.3 Å². The highest BCUT2D eigenvalue weighted by molar-refractivity contribution is 7.22. The predicted octanol–water partition coefficient (Wildman–Crippen LogP) is 4.30. The molecule has 0 saturated heterocycles. The van der Waals surface area contributed by atoms with Crippen LogP contribution in [0, 0.1) is 5.82 Å². The number of nitrogens with zero attached hydrogens (tertiary/aromatic N) is 3. The molecular weight excluding hydrogens is 361 g/mol. The Morgan fingerprint density at radius 2 is 1.92 bits per heavy atom. The van der Waals surface area contributed by atoms with Crippen LogP contribution in [0.15, 0.2) is 42.5 Å². The van der Waals surface area contributed by atoms with Crippen LogP contribution in [0.1, 0.15) is 10.4 Å². The highest BCUT2D eigenvalue weighted by atomic mass is 35.5. The van der Waals surface area contributed by atoms with Crippen molar-refractivity contribution in [1.29, 1.82) is 0 Å². The number of thiazole rings is 1. The number of anilines is 1.